The lowest BCUT2D eigenvalue weighted by atomic mass is 10.1. The summed E-state index contributed by atoms with van der Waals surface area (Å²) in [5, 5.41) is 13.9. The molecule has 9 nitrogen and oxygen atoms in total. The zero-order valence-corrected chi connectivity index (χ0v) is 25.2. The number of carbonyl (C=O) groups is 1. The quantitative estimate of drug-likeness (QED) is 0.165. The Balaban J connectivity index is 1.78. The summed E-state index contributed by atoms with van der Waals surface area (Å²) in [6.07, 6.45) is 0.137. The molecule has 2 atom stereocenters. The fourth-order valence-corrected chi connectivity index (χ4v) is 4.45. The van der Waals surface area contributed by atoms with Crippen molar-refractivity contribution in [2.75, 3.05) is 13.2 Å². The van der Waals surface area contributed by atoms with E-state index in [9.17, 15) is 19.1 Å². The van der Waals surface area contributed by atoms with Crippen LogP contribution in [0.1, 0.15) is 87.4 Å². The van der Waals surface area contributed by atoms with Crippen molar-refractivity contribution in [2.45, 2.75) is 84.9 Å². The molecule has 0 saturated heterocycles. The van der Waals surface area contributed by atoms with Gasteiger partial charge in [0.05, 0.1) is 18.3 Å². The van der Waals surface area contributed by atoms with Crippen LogP contribution in [0.2, 0.25) is 0 Å². The first kappa shape index (κ1) is 32.9. The van der Waals surface area contributed by atoms with Crippen LogP contribution < -0.4 is 10.9 Å². The van der Waals surface area contributed by atoms with Gasteiger partial charge in [0.2, 0.25) is 0 Å². The van der Waals surface area contributed by atoms with E-state index in [1.165, 1.54) is 12.1 Å². The van der Waals surface area contributed by atoms with E-state index < -0.39 is 29.5 Å². The highest BCUT2D eigenvalue weighted by Crippen LogP contribution is 2.27. The lowest BCUT2D eigenvalue weighted by Crippen LogP contribution is -2.41. The van der Waals surface area contributed by atoms with Crippen molar-refractivity contribution >= 4 is 6.09 Å². The molecule has 3 rings (SSSR count). The monoisotopic (exact) mass is 582 g/mol. The van der Waals surface area contributed by atoms with Gasteiger partial charge < -0.3 is 19.6 Å². The van der Waals surface area contributed by atoms with Gasteiger partial charge in [0, 0.05) is 25.3 Å². The third-order valence-electron chi connectivity index (χ3n) is 6.67. The molecule has 0 aliphatic heterocycles. The normalized spacial score (nSPS) is 13.0. The number of benzene rings is 2. The van der Waals surface area contributed by atoms with Crippen LogP contribution in [0.5, 0.6) is 0 Å². The number of hydrogen-bond donors (Lipinski definition) is 3. The van der Waals surface area contributed by atoms with Crippen molar-refractivity contribution < 1.29 is 23.8 Å². The van der Waals surface area contributed by atoms with Crippen LogP contribution in [0.3, 0.4) is 0 Å². The summed E-state index contributed by atoms with van der Waals surface area (Å²) >= 11 is 0. The number of hydrogen-bond acceptors (Lipinski definition) is 7. The Morgan fingerprint density at radius 3 is 2.43 bits per heavy atom. The second-order valence-electron chi connectivity index (χ2n) is 11.2. The molecule has 0 radical (unpaired) electrons. The number of aliphatic hydroxyl groups excluding tert-OH is 1. The van der Waals surface area contributed by atoms with Crippen LogP contribution in [-0.4, -0.2) is 44.8 Å². The van der Waals surface area contributed by atoms with E-state index in [1.807, 2.05) is 37.3 Å². The van der Waals surface area contributed by atoms with Gasteiger partial charge in [0.25, 0.3) is 5.56 Å². The Morgan fingerprint density at radius 2 is 1.79 bits per heavy atom. The minimum absolute atomic E-state index is 0.160. The molecule has 0 fully saturated rings. The first-order valence-corrected chi connectivity index (χ1v) is 14.4. The average molecular weight is 583 g/mol. The molecule has 42 heavy (non-hydrogen) atoms. The molecule has 228 valence electrons. The predicted molar refractivity (Wildman–Crippen MR) is 159 cm³/mol. The van der Waals surface area contributed by atoms with E-state index in [1.54, 1.807) is 44.7 Å². The molecule has 2 aromatic carbocycles. The van der Waals surface area contributed by atoms with Gasteiger partial charge in [-0.25, -0.2) is 14.2 Å². The second-order valence-corrected chi connectivity index (χ2v) is 11.2. The minimum atomic E-state index is -1.26. The number of unbranched alkanes of at least 4 members (excludes halogenated alkanes) is 1. The Bertz CT molecular complexity index is 1330. The number of aliphatic hydroxyl groups is 1. The number of aromatic nitrogens is 2. The van der Waals surface area contributed by atoms with E-state index in [0.29, 0.717) is 32.6 Å². The van der Waals surface area contributed by atoms with Gasteiger partial charge in [-0.1, -0.05) is 42.5 Å². The van der Waals surface area contributed by atoms with Gasteiger partial charge in [0.15, 0.2) is 0 Å². The van der Waals surface area contributed by atoms with E-state index in [0.717, 1.165) is 17.5 Å². The highest BCUT2D eigenvalue weighted by atomic mass is 19.1. The average Bonchev–Trinajstić information content (AvgIpc) is 2.94. The molecule has 10 heteroatoms. The Hall–Kier alpha value is -3.60. The highest BCUT2D eigenvalue weighted by Gasteiger charge is 2.31. The number of ether oxygens (including phenoxy) is 2. The van der Waals surface area contributed by atoms with Gasteiger partial charge in [-0.15, -0.1) is 0 Å². The first-order valence-electron chi connectivity index (χ1n) is 14.4. The molecule has 0 bridgehead atoms. The zero-order valence-electron chi connectivity index (χ0n) is 25.2. The molecule has 3 aromatic rings. The first-order chi connectivity index (χ1) is 20.0. The maximum Gasteiger partial charge on any atom is 0.410 e. The lowest BCUT2D eigenvalue weighted by molar-refractivity contribution is 0.0146. The fraction of sp³-hybridized carbons (Fsp3) is 0.469. The number of halogens is 1. The summed E-state index contributed by atoms with van der Waals surface area (Å²) in [6, 6.07) is 15.2. The van der Waals surface area contributed by atoms with E-state index in [-0.39, 0.29) is 29.4 Å². The number of nitrogens with zero attached hydrogens (tertiary/aromatic N) is 2. The molecule has 1 aromatic heterocycles. The SMILES string of the molecule is CCN(C(=O)OC(C)(C)C)C(CCCCOCc1ccccc1)c1nc(C(O)NCc2ccc(F)cc2)c(C)c(=O)[nH]1. The fourth-order valence-electron chi connectivity index (χ4n) is 4.45. The summed E-state index contributed by atoms with van der Waals surface area (Å²) < 4.78 is 24.8. The second kappa shape index (κ2) is 15.6. The van der Waals surface area contributed by atoms with Crippen molar-refractivity contribution in [3.05, 3.63) is 99.0 Å². The number of amides is 1. The number of aromatic amines is 1. The van der Waals surface area contributed by atoms with E-state index >= 15 is 0 Å². The zero-order chi connectivity index (χ0) is 30.7. The van der Waals surface area contributed by atoms with Gasteiger partial charge in [-0.2, -0.15) is 0 Å². The van der Waals surface area contributed by atoms with Crippen LogP contribution >= 0.6 is 0 Å². The van der Waals surface area contributed by atoms with Crippen LogP contribution in [0, 0.1) is 12.7 Å². The molecular formula is C32H43FN4O5. The standard InChI is InChI=1S/C32H43FN4O5/c1-6-37(31(40)42-32(3,4)5)26(14-10-11-19-41-21-24-12-8-7-9-13-24)28-35-27(22(2)29(38)36-28)30(39)34-20-23-15-17-25(33)18-16-23/h7-9,12-13,15-18,26,30,34,39H,6,10-11,14,19-21H2,1-5H3,(H,35,36,38). The molecule has 1 amide bonds. The van der Waals surface area contributed by atoms with Crippen molar-refractivity contribution in [3.63, 3.8) is 0 Å². The number of H-pyrrole nitrogens is 1. The molecule has 0 aliphatic carbocycles. The Labute approximate surface area is 247 Å². The maximum atomic E-state index is 13.3. The number of carbonyl (C=O) groups excluding carboxylic acids is 1. The molecule has 3 N–H and O–H groups in total. The van der Waals surface area contributed by atoms with Crippen molar-refractivity contribution in [1.82, 2.24) is 20.2 Å². The van der Waals surface area contributed by atoms with Crippen LogP contribution in [0.4, 0.5) is 9.18 Å². The van der Waals surface area contributed by atoms with Gasteiger partial charge >= 0.3 is 6.09 Å². The molecular weight excluding hydrogens is 539 g/mol. The van der Waals surface area contributed by atoms with Crippen molar-refractivity contribution in [3.8, 4) is 0 Å². The van der Waals surface area contributed by atoms with Crippen LogP contribution in [0.25, 0.3) is 0 Å². The van der Waals surface area contributed by atoms with Gasteiger partial charge in [-0.3, -0.25) is 15.0 Å². The third kappa shape index (κ3) is 10.0. The largest absolute Gasteiger partial charge is 0.444 e. The summed E-state index contributed by atoms with van der Waals surface area (Å²) in [7, 11) is 0. The summed E-state index contributed by atoms with van der Waals surface area (Å²) in [5.41, 5.74) is 1.15. The smallest absolute Gasteiger partial charge is 0.410 e. The minimum Gasteiger partial charge on any atom is -0.444 e. The molecule has 0 spiro atoms. The lowest BCUT2D eigenvalue weighted by Gasteiger charge is -2.32. The predicted octanol–water partition coefficient (Wildman–Crippen LogP) is 5.68. The van der Waals surface area contributed by atoms with Crippen LogP contribution in [-0.2, 0) is 22.6 Å². The van der Waals surface area contributed by atoms with E-state index in [4.69, 9.17) is 9.47 Å². The topological polar surface area (TPSA) is 117 Å². The van der Waals surface area contributed by atoms with Crippen LogP contribution in [0.15, 0.2) is 59.4 Å². The Kier molecular flexibility index (Phi) is 12.2. The maximum absolute atomic E-state index is 13.3. The molecule has 1 heterocycles. The number of rotatable bonds is 14. The molecule has 0 saturated carbocycles. The van der Waals surface area contributed by atoms with Crippen molar-refractivity contribution in [2.24, 2.45) is 0 Å². The summed E-state index contributed by atoms with van der Waals surface area (Å²) in [5.74, 6) is -0.0866. The summed E-state index contributed by atoms with van der Waals surface area (Å²) in [4.78, 5) is 35.3. The highest BCUT2D eigenvalue weighted by molar-refractivity contribution is 5.68. The van der Waals surface area contributed by atoms with E-state index in [2.05, 4.69) is 15.3 Å². The molecule has 0 aliphatic rings. The third-order valence-corrected chi connectivity index (χ3v) is 6.67. The molecule has 2 unspecified atom stereocenters. The Morgan fingerprint density at radius 1 is 1.10 bits per heavy atom. The van der Waals surface area contributed by atoms with Gasteiger partial charge in [0.1, 0.15) is 23.5 Å². The van der Waals surface area contributed by atoms with Gasteiger partial charge in [-0.05, 0) is 77.1 Å². The summed E-state index contributed by atoms with van der Waals surface area (Å²) in [6.45, 7) is 10.4. The number of nitrogens with one attached hydrogen (secondary N) is 2. The van der Waals surface area contributed by atoms with Crippen molar-refractivity contribution in [1.29, 1.82) is 0 Å².